The number of aliphatic hydroxyl groups is 1. The van der Waals surface area contributed by atoms with Gasteiger partial charge in [-0.15, -0.1) is 0 Å². The highest BCUT2D eigenvalue weighted by molar-refractivity contribution is 5.64. The van der Waals surface area contributed by atoms with Gasteiger partial charge in [-0.1, -0.05) is 6.07 Å². The number of hydrogen-bond acceptors (Lipinski definition) is 2. The van der Waals surface area contributed by atoms with Crippen LogP contribution in [-0.4, -0.2) is 14.9 Å². The Balaban J connectivity index is 2.55. The van der Waals surface area contributed by atoms with Gasteiger partial charge in [0, 0.05) is 17.8 Å². The molecule has 0 saturated carbocycles. The minimum Gasteiger partial charge on any atom is -0.392 e. The van der Waals surface area contributed by atoms with E-state index in [1.807, 2.05) is 13.8 Å². The molecule has 0 aliphatic carbocycles. The molecule has 0 atom stereocenters. The predicted molar refractivity (Wildman–Crippen MR) is 69.0 cm³/mol. The monoisotopic (exact) mass is 284 g/mol. The molecule has 2 aromatic rings. The van der Waals surface area contributed by atoms with Crippen LogP contribution >= 0.6 is 0 Å². The number of aromatic nitrogens is 2. The second kappa shape index (κ2) is 5.28. The van der Waals surface area contributed by atoms with Crippen LogP contribution in [0.3, 0.4) is 0 Å². The van der Waals surface area contributed by atoms with E-state index in [1.165, 1.54) is 6.07 Å². The van der Waals surface area contributed by atoms with Crippen LogP contribution in [0.2, 0.25) is 0 Å². The van der Waals surface area contributed by atoms with Crippen molar-refractivity contribution in [2.24, 2.45) is 0 Å². The molecule has 1 aromatic carbocycles. The van der Waals surface area contributed by atoms with E-state index < -0.39 is 18.3 Å². The number of rotatable bonds is 3. The highest BCUT2D eigenvalue weighted by atomic mass is 19.4. The zero-order valence-electron chi connectivity index (χ0n) is 11.1. The van der Waals surface area contributed by atoms with Gasteiger partial charge in [-0.3, -0.25) is 4.68 Å². The largest absolute Gasteiger partial charge is 0.416 e. The SMILES string of the molecule is CC(C)n1nccc1-c1ccc(C(F)(F)F)cc1CO. The maximum atomic E-state index is 12.7. The Morgan fingerprint density at radius 2 is 1.95 bits per heavy atom. The lowest BCUT2D eigenvalue weighted by Crippen LogP contribution is -2.08. The highest BCUT2D eigenvalue weighted by Crippen LogP contribution is 2.33. The fraction of sp³-hybridized carbons (Fsp3) is 0.357. The molecule has 20 heavy (non-hydrogen) atoms. The lowest BCUT2D eigenvalue weighted by atomic mass is 10.0. The van der Waals surface area contributed by atoms with Crippen molar-refractivity contribution >= 4 is 0 Å². The van der Waals surface area contributed by atoms with Crippen LogP contribution in [0.5, 0.6) is 0 Å². The average Bonchev–Trinajstić information content (AvgIpc) is 2.86. The molecule has 108 valence electrons. The number of benzene rings is 1. The van der Waals surface area contributed by atoms with E-state index in [1.54, 1.807) is 16.9 Å². The van der Waals surface area contributed by atoms with E-state index in [9.17, 15) is 18.3 Å². The summed E-state index contributed by atoms with van der Waals surface area (Å²) in [7, 11) is 0. The van der Waals surface area contributed by atoms with Gasteiger partial charge in [-0.2, -0.15) is 18.3 Å². The number of aliphatic hydroxyl groups excluding tert-OH is 1. The maximum absolute atomic E-state index is 12.7. The van der Waals surface area contributed by atoms with Gasteiger partial charge >= 0.3 is 6.18 Å². The Labute approximate surface area is 114 Å². The summed E-state index contributed by atoms with van der Waals surface area (Å²) in [5.41, 5.74) is 0.729. The number of alkyl halides is 3. The Kier molecular flexibility index (Phi) is 3.85. The van der Waals surface area contributed by atoms with E-state index in [0.717, 1.165) is 12.1 Å². The third-order valence-electron chi connectivity index (χ3n) is 3.04. The number of halogens is 3. The molecule has 0 unspecified atom stereocenters. The third-order valence-corrected chi connectivity index (χ3v) is 3.04. The fourth-order valence-electron chi connectivity index (χ4n) is 2.09. The first-order valence-corrected chi connectivity index (χ1v) is 6.19. The van der Waals surface area contributed by atoms with Gasteiger partial charge in [0.15, 0.2) is 0 Å². The first-order chi connectivity index (χ1) is 9.34. The van der Waals surface area contributed by atoms with E-state index in [4.69, 9.17) is 0 Å². The van der Waals surface area contributed by atoms with Gasteiger partial charge in [0.1, 0.15) is 0 Å². The molecule has 0 fully saturated rings. The number of hydrogen-bond donors (Lipinski definition) is 1. The molecule has 0 saturated heterocycles. The van der Waals surface area contributed by atoms with Crippen LogP contribution in [0.15, 0.2) is 30.5 Å². The molecule has 0 amide bonds. The Bertz CT molecular complexity index is 603. The summed E-state index contributed by atoms with van der Waals surface area (Å²) >= 11 is 0. The van der Waals surface area contributed by atoms with Crippen molar-refractivity contribution in [2.75, 3.05) is 0 Å². The molecule has 1 N–H and O–H groups in total. The molecule has 1 aromatic heterocycles. The molecule has 0 spiro atoms. The van der Waals surface area contributed by atoms with Crippen molar-refractivity contribution in [3.05, 3.63) is 41.6 Å². The van der Waals surface area contributed by atoms with E-state index >= 15 is 0 Å². The van der Waals surface area contributed by atoms with Crippen LogP contribution in [0.1, 0.15) is 31.0 Å². The first-order valence-electron chi connectivity index (χ1n) is 6.19. The molecular weight excluding hydrogens is 269 g/mol. The van der Waals surface area contributed by atoms with E-state index in [-0.39, 0.29) is 11.6 Å². The molecule has 0 radical (unpaired) electrons. The third kappa shape index (κ3) is 2.70. The summed E-state index contributed by atoms with van der Waals surface area (Å²) in [6.45, 7) is 3.40. The summed E-state index contributed by atoms with van der Waals surface area (Å²) in [6.07, 6.45) is -2.82. The molecule has 3 nitrogen and oxygen atoms in total. The second-order valence-corrected chi connectivity index (χ2v) is 4.78. The Morgan fingerprint density at radius 3 is 2.50 bits per heavy atom. The van der Waals surface area contributed by atoms with Crippen molar-refractivity contribution in [1.82, 2.24) is 9.78 Å². The molecule has 1 heterocycles. The maximum Gasteiger partial charge on any atom is 0.416 e. The standard InChI is InChI=1S/C14H15F3N2O/c1-9(2)19-13(5-6-18-19)12-4-3-11(14(15,16)17)7-10(12)8-20/h3-7,9,20H,8H2,1-2H3. The summed E-state index contributed by atoms with van der Waals surface area (Å²) in [5, 5.41) is 13.5. The fourth-order valence-corrected chi connectivity index (χ4v) is 2.09. The van der Waals surface area contributed by atoms with Gasteiger partial charge in [-0.05, 0) is 37.6 Å². The quantitative estimate of drug-likeness (QED) is 0.934. The van der Waals surface area contributed by atoms with E-state index in [2.05, 4.69) is 5.10 Å². The van der Waals surface area contributed by atoms with Gasteiger partial charge in [0.25, 0.3) is 0 Å². The van der Waals surface area contributed by atoms with Crippen LogP contribution < -0.4 is 0 Å². The van der Waals surface area contributed by atoms with E-state index in [0.29, 0.717) is 11.3 Å². The number of nitrogens with zero attached hydrogens (tertiary/aromatic N) is 2. The molecular formula is C14H15F3N2O. The summed E-state index contributed by atoms with van der Waals surface area (Å²) in [6, 6.07) is 5.18. The summed E-state index contributed by atoms with van der Waals surface area (Å²) in [4.78, 5) is 0. The minimum atomic E-state index is -4.42. The summed E-state index contributed by atoms with van der Waals surface area (Å²) < 4.78 is 39.8. The average molecular weight is 284 g/mol. The van der Waals surface area contributed by atoms with Crippen molar-refractivity contribution in [1.29, 1.82) is 0 Å². The van der Waals surface area contributed by atoms with Gasteiger partial charge < -0.3 is 5.11 Å². The zero-order valence-corrected chi connectivity index (χ0v) is 11.1. The normalized spacial score (nSPS) is 12.2. The highest BCUT2D eigenvalue weighted by Gasteiger charge is 2.31. The van der Waals surface area contributed by atoms with Gasteiger partial charge in [0.05, 0.1) is 17.9 Å². The minimum absolute atomic E-state index is 0.0776. The molecule has 0 aliphatic rings. The van der Waals surface area contributed by atoms with Crippen molar-refractivity contribution in [3.63, 3.8) is 0 Å². The molecule has 0 bridgehead atoms. The zero-order chi connectivity index (χ0) is 14.9. The smallest absolute Gasteiger partial charge is 0.392 e. The Hall–Kier alpha value is -1.82. The van der Waals surface area contributed by atoms with Crippen molar-refractivity contribution in [2.45, 2.75) is 32.7 Å². The molecule has 0 aliphatic heterocycles. The van der Waals surface area contributed by atoms with Crippen LogP contribution in [0, 0.1) is 0 Å². The van der Waals surface area contributed by atoms with Crippen LogP contribution in [0.4, 0.5) is 13.2 Å². The lowest BCUT2D eigenvalue weighted by Gasteiger charge is -2.15. The predicted octanol–water partition coefficient (Wildman–Crippen LogP) is 3.64. The lowest BCUT2D eigenvalue weighted by molar-refractivity contribution is -0.137. The van der Waals surface area contributed by atoms with Crippen molar-refractivity contribution < 1.29 is 18.3 Å². The van der Waals surface area contributed by atoms with Gasteiger partial charge in [0.2, 0.25) is 0 Å². The Morgan fingerprint density at radius 1 is 1.25 bits per heavy atom. The summed E-state index contributed by atoms with van der Waals surface area (Å²) in [5.74, 6) is 0. The van der Waals surface area contributed by atoms with Gasteiger partial charge in [-0.25, -0.2) is 0 Å². The first kappa shape index (κ1) is 14.6. The topological polar surface area (TPSA) is 38.0 Å². The van der Waals surface area contributed by atoms with Crippen LogP contribution in [-0.2, 0) is 12.8 Å². The van der Waals surface area contributed by atoms with Crippen LogP contribution in [0.25, 0.3) is 11.3 Å². The molecule has 2 rings (SSSR count). The second-order valence-electron chi connectivity index (χ2n) is 4.78. The van der Waals surface area contributed by atoms with Crippen molar-refractivity contribution in [3.8, 4) is 11.3 Å². The molecule has 6 heteroatoms.